The fourth-order valence-corrected chi connectivity index (χ4v) is 2.29. The third kappa shape index (κ3) is 3.91. The summed E-state index contributed by atoms with van der Waals surface area (Å²) in [5.41, 5.74) is 2.27. The number of aryl methyl sites for hydroxylation is 1. The highest BCUT2D eigenvalue weighted by Gasteiger charge is 2.18. The number of benzene rings is 1. The molecular weight excluding hydrogens is 267 g/mol. The molecule has 4 heteroatoms. The molecule has 0 aliphatic heterocycles. The van der Waals surface area contributed by atoms with Gasteiger partial charge in [0.1, 0.15) is 11.3 Å². The van der Waals surface area contributed by atoms with Gasteiger partial charge in [0.05, 0.1) is 0 Å². The van der Waals surface area contributed by atoms with Crippen LogP contribution in [0.3, 0.4) is 0 Å². The van der Waals surface area contributed by atoms with Crippen LogP contribution in [0.25, 0.3) is 10.9 Å². The molecule has 0 spiro atoms. The monoisotopic (exact) mass is 290 g/mol. The molecule has 2 rings (SSSR count). The lowest BCUT2D eigenvalue weighted by molar-refractivity contribution is 0.157. The first kappa shape index (κ1) is 15.7. The van der Waals surface area contributed by atoms with E-state index in [2.05, 4.69) is 24.1 Å². The molecule has 3 nitrogen and oxygen atoms in total. The van der Waals surface area contributed by atoms with Gasteiger partial charge >= 0.3 is 0 Å². The number of para-hydroxylation sites is 1. The Kier molecular flexibility index (Phi) is 4.78. The number of hydrogen-bond acceptors (Lipinski definition) is 3. The summed E-state index contributed by atoms with van der Waals surface area (Å²) < 4.78 is 19.0. The van der Waals surface area contributed by atoms with Crippen LogP contribution in [0.4, 0.5) is 10.1 Å². The van der Waals surface area contributed by atoms with Crippen LogP contribution < -0.4 is 5.32 Å². The highest BCUT2D eigenvalue weighted by molar-refractivity contribution is 5.91. The van der Waals surface area contributed by atoms with Crippen molar-refractivity contribution < 1.29 is 9.13 Å². The number of nitrogens with zero attached hydrogens (tertiary/aromatic N) is 1. The summed E-state index contributed by atoms with van der Waals surface area (Å²) in [7, 11) is 1.71. The number of hydrogen-bond donors (Lipinski definition) is 1. The van der Waals surface area contributed by atoms with Crippen molar-refractivity contribution in [3.8, 4) is 0 Å². The van der Waals surface area contributed by atoms with E-state index in [-0.39, 0.29) is 11.2 Å². The molecule has 1 N–H and O–H groups in total. The molecule has 0 aliphatic rings. The molecule has 0 saturated carbocycles. The quantitative estimate of drug-likeness (QED) is 0.867. The average molecular weight is 290 g/mol. The van der Waals surface area contributed by atoms with Crippen LogP contribution in [0.2, 0.25) is 0 Å². The van der Waals surface area contributed by atoms with Crippen molar-refractivity contribution >= 4 is 16.6 Å². The van der Waals surface area contributed by atoms with Crippen LogP contribution in [0, 0.1) is 18.2 Å². The number of halogens is 1. The predicted octanol–water partition coefficient (Wildman–Crippen LogP) is 4.16. The van der Waals surface area contributed by atoms with Crippen LogP contribution in [0.1, 0.15) is 26.0 Å². The molecule has 0 saturated heterocycles. The summed E-state index contributed by atoms with van der Waals surface area (Å²) in [5, 5.41) is 4.27. The van der Waals surface area contributed by atoms with E-state index in [1.54, 1.807) is 13.2 Å². The van der Waals surface area contributed by atoms with Gasteiger partial charge in [0, 0.05) is 37.0 Å². The standard InChI is InChI=1S/C17H23FN2O/c1-12-10-15(19-11-17(2,3)8-9-21-4)13-6-5-7-14(18)16(13)20-12/h5-7,10H,8-9,11H2,1-4H3,(H,19,20). The number of rotatable bonds is 6. The summed E-state index contributed by atoms with van der Waals surface area (Å²) in [6.07, 6.45) is 0.965. The third-order valence-electron chi connectivity index (χ3n) is 3.66. The van der Waals surface area contributed by atoms with Crippen LogP contribution in [0.5, 0.6) is 0 Å². The van der Waals surface area contributed by atoms with Gasteiger partial charge in [-0.1, -0.05) is 26.0 Å². The van der Waals surface area contributed by atoms with E-state index in [0.717, 1.165) is 36.3 Å². The second-order valence-electron chi connectivity index (χ2n) is 6.21. The Labute approximate surface area is 125 Å². The lowest BCUT2D eigenvalue weighted by Crippen LogP contribution is -2.24. The number of ether oxygens (including phenoxy) is 1. The minimum Gasteiger partial charge on any atom is -0.385 e. The van der Waals surface area contributed by atoms with E-state index in [0.29, 0.717) is 5.52 Å². The summed E-state index contributed by atoms with van der Waals surface area (Å²) in [5.74, 6) is -0.280. The maximum atomic E-state index is 13.9. The first-order valence-corrected chi connectivity index (χ1v) is 7.22. The van der Waals surface area contributed by atoms with E-state index < -0.39 is 0 Å². The van der Waals surface area contributed by atoms with E-state index in [1.807, 2.05) is 19.1 Å². The molecule has 1 aromatic heterocycles. The molecule has 2 aromatic rings. The molecule has 0 fully saturated rings. The van der Waals surface area contributed by atoms with Crippen LogP contribution >= 0.6 is 0 Å². The van der Waals surface area contributed by atoms with Crippen molar-refractivity contribution in [2.45, 2.75) is 27.2 Å². The van der Waals surface area contributed by atoms with Gasteiger partial charge in [0.2, 0.25) is 0 Å². The van der Waals surface area contributed by atoms with Gasteiger partial charge in [-0.2, -0.15) is 0 Å². The molecule has 114 valence electrons. The molecule has 21 heavy (non-hydrogen) atoms. The number of fused-ring (bicyclic) bond motifs is 1. The molecule has 1 aromatic carbocycles. The van der Waals surface area contributed by atoms with E-state index in [1.165, 1.54) is 6.07 Å². The molecule has 0 atom stereocenters. The highest BCUT2D eigenvalue weighted by atomic mass is 19.1. The Morgan fingerprint density at radius 3 is 2.81 bits per heavy atom. The van der Waals surface area contributed by atoms with Crippen LogP contribution in [-0.4, -0.2) is 25.2 Å². The van der Waals surface area contributed by atoms with Crippen molar-refractivity contribution in [3.63, 3.8) is 0 Å². The fourth-order valence-electron chi connectivity index (χ4n) is 2.29. The van der Waals surface area contributed by atoms with Gasteiger partial charge in [-0.05, 0) is 30.9 Å². The second-order valence-corrected chi connectivity index (χ2v) is 6.21. The summed E-state index contributed by atoms with van der Waals surface area (Å²) in [4.78, 5) is 4.29. The second kappa shape index (κ2) is 6.39. The number of aromatic nitrogens is 1. The molecular formula is C17H23FN2O. The van der Waals surface area contributed by atoms with E-state index >= 15 is 0 Å². The zero-order valence-electron chi connectivity index (χ0n) is 13.2. The van der Waals surface area contributed by atoms with Gasteiger partial charge in [0.25, 0.3) is 0 Å². The molecule has 0 bridgehead atoms. The molecule has 0 aliphatic carbocycles. The predicted molar refractivity (Wildman–Crippen MR) is 85.2 cm³/mol. The van der Waals surface area contributed by atoms with Crippen molar-refractivity contribution in [1.82, 2.24) is 4.98 Å². The maximum absolute atomic E-state index is 13.9. The Morgan fingerprint density at radius 2 is 2.10 bits per heavy atom. The average Bonchev–Trinajstić information content (AvgIpc) is 2.44. The van der Waals surface area contributed by atoms with Crippen molar-refractivity contribution in [3.05, 3.63) is 35.8 Å². The van der Waals surface area contributed by atoms with Crippen LogP contribution in [-0.2, 0) is 4.74 Å². The number of nitrogens with one attached hydrogen (secondary N) is 1. The SMILES string of the molecule is COCCC(C)(C)CNc1cc(C)nc2c(F)cccc12. The third-order valence-corrected chi connectivity index (χ3v) is 3.66. The number of anilines is 1. The number of pyridine rings is 1. The zero-order chi connectivity index (χ0) is 15.5. The van der Waals surface area contributed by atoms with Crippen molar-refractivity contribution in [2.24, 2.45) is 5.41 Å². The van der Waals surface area contributed by atoms with Crippen LogP contribution in [0.15, 0.2) is 24.3 Å². The zero-order valence-corrected chi connectivity index (χ0v) is 13.2. The lowest BCUT2D eigenvalue weighted by Gasteiger charge is -2.25. The van der Waals surface area contributed by atoms with Gasteiger partial charge in [-0.15, -0.1) is 0 Å². The largest absolute Gasteiger partial charge is 0.385 e. The van der Waals surface area contributed by atoms with Crippen molar-refractivity contribution in [2.75, 3.05) is 25.6 Å². The summed E-state index contributed by atoms with van der Waals surface area (Å²) in [6, 6.07) is 7.03. The Hall–Kier alpha value is -1.68. The minimum atomic E-state index is -0.280. The molecule has 0 amide bonds. The van der Waals surface area contributed by atoms with Gasteiger partial charge in [-0.3, -0.25) is 0 Å². The topological polar surface area (TPSA) is 34.1 Å². The molecule has 1 heterocycles. The van der Waals surface area contributed by atoms with Gasteiger partial charge < -0.3 is 10.1 Å². The smallest absolute Gasteiger partial charge is 0.149 e. The Bertz CT molecular complexity index is 625. The maximum Gasteiger partial charge on any atom is 0.149 e. The molecule has 0 unspecified atom stereocenters. The van der Waals surface area contributed by atoms with E-state index in [9.17, 15) is 4.39 Å². The first-order valence-electron chi connectivity index (χ1n) is 7.22. The van der Waals surface area contributed by atoms with Gasteiger partial charge in [0.15, 0.2) is 0 Å². The summed E-state index contributed by atoms with van der Waals surface area (Å²) >= 11 is 0. The highest BCUT2D eigenvalue weighted by Crippen LogP contribution is 2.27. The molecule has 0 radical (unpaired) electrons. The van der Waals surface area contributed by atoms with Crippen molar-refractivity contribution in [1.29, 1.82) is 0 Å². The lowest BCUT2D eigenvalue weighted by atomic mass is 9.89. The number of methoxy groups -OCH3 is 1. The normalized spacial score (nSPS) is 11.9. The minimum absolute atomic E-state index is 0.104. The Balaban J connectivity index is 2.24. The Morgan fingerprint density at radius 1 is 1.33 bits per heavy atom. The van der Waals surface area contributed by atoms with E-state index in [4.69, 9.17) is 4.74 Å². The van der Waals surface area contributed by atoms with Gasteiger partial charge in [-0.25, -0.2) is 9.37 Å². The summed E-state index contributed by atoms with van der Waals surface area (Å²) in [6.45, 7) is 7.80. The fraction of sp³-hybridized carbons (Fsp3) is 0.471. The first-order chi connectivity index (χ1) is 9.93.